The van der Waals surface area contributed by atoms with E-state index in [1.165, 1.54) is 30.1 Å². The second-order valence-electron chi connectivity index (χ2n) is 6.59. The summed E-state index contributed by atoms with van der Waals surface area (Å²) in [5.41, 5.74) is 0.545. The Balaban J connectivity index is 1.52. The standard InChI is InChI=1S/C22H19FN2O5/c1-24-21(26)20-12-25(16-7-3-5-9-18(16)30-20)22(27)19-11-10-14(29-19)13-28-17-8-4-2-6-15(17)23/h2-11,20H,12-13H2,1H3,(H,24,26)/t20-/m0/s1. The molecule has 30 heavy (non-hydrogen) atoms. The van der Waals surface area contributed by atoms with E-state index in [1.54, 1.807) is 42.5 Å². The van der Waals surface area contributed by atoms with E-state index < -0.39 is 17.8 Å². The largest absolute Gasteiger partial charge is 0.483 e. The number of nitrogens with zero attached hydrogens (tertiary/aromatic N) is 1. The van der Waals surface area contributed by atoms with Gasteiger partial charge in [0.15, 0.2) is 23.4 Å². The number of likely N-dealkylation sites (N-methyl/N-ethyl adjacent to an activating group) is 1. The van der Waals surface area contributed by atoms with Crippen molar-refractivity contribution < 1.29 is 27.9 Å². The fourth-order valence-electron chi connectivity index (χ4n) is 3.14. The van der Waals surface area contributed by atoms with Crippen molar-refractivity contribution in [3.05, 3.63) is 78.0 Å². The minimum absolute atomic E-state index is 0.0330. The lowest BCUT2D eigenvalue weighted by Crippen LogP contribution is -2.50. The Hall–Kier alpha value is -3.81. The number of furan rings is 1. The maximum atomic E-state index is 13.7. The van der Waals surface area contributed by atoms with E-state index in [0.717, 1.165) is 0 Å². The third-order valence-corrected chi connectivity index (χ3v) is 4.64. The Kier molecular flexibility index (Phi) is 5.38. The lowest BCUT2D eigenvalue weighted by molar-refractivity contribution is -0.127. The summed E-state index contributed by atoms with van der Waals surface area (Å²) in [6.07, 6.45) is -0.840. The lowest BCUT2D eigenvalue weighted by Gasteiger charge is -2.33. The lowest BCUT2D eigenvalue weighted by atomic mass is 10.1. The molecule has 7 nitrogen and oxygen atoms in total. The minimum Gasteiger partial charge on any atom is -0.483 e. The molecule has 1 aliphatic rings. The molecule has 0 saturated carbocycles. The van der Waals surface area contributed by atoms with Gasteiger partial charge in [-0.3, -0.25) is 14.5 Å². The number of anilines is 1. The summed E-state index contributed by atoms with van der Waals surface area (Å²) in [6, 6.07) is 16.1. The van der Waals surface area contributed by atoms with Crippen LogP contribution in [0.2, 0.25) is 0 Å². The van der Waals surface area contributed by atoms with Gasteiger partial charge in [0, 0.05) is 7.05 Å². The molecule has 1 atom stereocenters. The highest BCUT2D eigenvalue weighted by Crippen LogP contribution is 2.34. The van der Waals surface area contributed by atoms with Gasteiger partial charge in [-0.05, 0) is 36.4 Å². The molecule has 0 bridgehead atoms. The number of rotatable bonds is 5. The molecule has 3 aromatic rings. The third-order valence-electron chi connectivity index (χ3n) is 4.64. The molecule has 2 aromatic carbocycles. The molecule has 8 heteroatoms. The molecule has 0 spiro atoms. The number of carbonyl (C=O) groups is 2. The molecule has 0 radical (unpaired) electrons. The molecule has 2 amide bonds. The van der Waals surface area contributed by atoms with Crippen LogP contribution in [0.1, 0.15) is 16.3 Å². The van der Waals surface area contributed by atoms with Gasteiger partial charge in [-0.25, -0.2) is 4.39 Å². The van der Waals surface area contributed by atoms with Crippen LogP contribution in [-0.2, 0) is 11.4 Å². The number of hydrogen-bond donors (Lipinski definition) is 1. The highest BCUT2D eigenvalue weighted by molar-refractivity contribution is 6.06. The van der Waals surface area contributed by atoms with Crippen LogP contribution in [0.15, 0.2) is 65.1 Å². The van der Waals surface area contributed by atoms with Gasteiger partial charge in [0.1, 0.15) is 18.1 Å². The van der Waals surface area contributed by atoms with Gasteiger partial charge in [-0.1, -0.05) is 24.3 Å². The summed E-state index contributed by atoms with van der Waals surface area (Å²) < 4.78 is 30.4. The van der Waals surface area contributed by atoms with Gasteiger partial charge in [0.25, 0.3) is 11.8 Å². The van der Waals surface area contributed by atoms with E-state index in [4.69, 9.17) is 13.9 Å². The number of para-hydroxylation sites is 3. The number of benzene rings is 2. The molecule has 154 valence electrons. The van der Waals surface area contributed by atoms with Crippen LogP contribution in [0.5, 0.6) is 11.5 Å². The van der Waals surface area contributed by atoms with Crippen LogP contribution in [0.25, 0.3) is 0 Å². The van der Waals surface area contributed by atoms with Gasteiger partial charge in [0.05, 0.1) is 12.2 Å². The smallest absolute Gasteiger partial charge is 0.294 e. The Bertz CT molecular complexity index is 1080. The van der Waals surface area contributed by atoms with E-state index in [2.05, 4.69) is 5.32 Å². The van der Waals surface area contributed by atoms with Gasteiger partial charge in [-0.2, -0.15) is 0 Å². The summed E-state index contributed by atoms with van der Waals surface area (Å²) in [6.45, 7) is 0.00601. The van der Waals surface area contributed by atoms with Crippen molar-refractivity contribution in [1.29, 1.82) is 0 Å². The normalized spacial score (nSPS) is 15.1. The van der Waals surface area contributed by atoms with Crippen LogP contribution >= 0.6 is 0 Å². The van der Waals surface area contributed by atoms with Crippen molar-refractivity contribution in [1.82, 2.24) is 5.32 Å². The fraction of sp³-hybridized carbons (Fsp3) is 0.182. The first kappa shape index (κ1) is 19.5. The Labute approximate surface area is 172 Å². The first-order valence-electron chi connectivity index (χ1n) is 9.32. The van der Waals surface area contributed by atoms with E-state index in [9.17, 15) is 14.0 Å². The number of ether oxygens (including phenoxy) is 2. The summed E-state index contributed by atoms with van der Waals surface area (Å²) >= 11 is 0. The number of hydrogen-bond acceptors (Lipinski definition) is 5. The molecule has 1 aliphatic heterocycles. The molecule has 1 N–H and O–H groups in total. The fourth-order valence-corrected chi connectivity index (χ4v) is 3.14. The van der Waals surface area contributed by atoms with E-state index in [1.807, 2.05) is 0 Å². The summed E-state index contributed by atoms with van der Waals surface area (Å²) in [5.74, 6) is -0.263. The second-order valence-corrected chi connectivity index (χ2v) is 6.59. The molecule has 0 saturated heterocycles. The van der Waals surface area contributed by atoms with E-state index in [-0.39, 0.29) is 30.6 Å². The maximum absolute atomic E-state index is 13.7. The molecule has 4 rings (SSSR count). The van der Waals surface area contributed by atoms with Crippen molar-refractivity contribution in [2.24, 2.45) is 0 Å². The van der Waals surface area contributed by atoms with Crippen LogP contribution in [0.3, 0.4) is 0 Å². The highest BCUT2D eigenvalue weighted by atomic mass is 19.1. The van der Waals surface area contributed by atoms with Crippen LogP contribution in [0, 0.1) is 5.82 Å². The quantitative estimate of drug-likeness (QED) is 0.699. The Morgan fingerprint density at radius 3 is 2.70 bits per heavy atom. The third kappa shape index (κ3) is 3.84. The number of amides is 2. The maximum Gasteiger partial charge on any atom is 0.294 e. The zero-order chi connectivity index (χ0) is 21.1. The summed E-state index contributed by atoms with van der Waals surface area (Å²) in [5, 5.41) is 2.53. The van der Waals surface area contributed by atoms with E-state index in [0.29, 0.717) is 17.2 Å². The monoisotopic (exact) mass is 410 g/mol. The van der Waals surface area contributed by atoms with Gasteiger partial charge in [-0.15, -0.1) is 0 Å². The molecule has 2 heterocycles. The first-order chi connectivity index (χ1) is 14.6. The number of carbonyl (C=O) groups excluding carboxylic acids is 2. The van der Waals surface area contributed by atoms with Crippen molar-refractivity contribution in [2.45, 2.75) is 12.7 Å². The van der Waals surface area contributed by atoms with Crippen molar-refractivity contribution >= 4 is 17.5 Å². The van der Waals surface area contributed by atoms with Crippen LogP contribution < -0.4 is 19.7 Å². The number of fused-ring (bicyclic) bond motifs is 1. The van der Waals surface area contributed by atoms with Crippen molar-refractivity contribution in [3.8, 4) is 11.5 Å². The topological polar surface area (TPSA) is 81.0 Å². The zero-order valence-electron chi connectivity index (χ0n) is 16.1. The predicted octanol–water partition coefficient (Wildman–Crippen LogP) is 3.15. The van der Waals surface area contributed by atoms with Gasteiger partial charge >= 0.3 is 0 Å². The van der Waals surface area contributed by atoms with Crippen LogP contribution in [-0.4, -0.2) is 31.5 Å². The molecular formula is C22H19FN2O5. The number of nitrogens with one attached hydrogen (secondary N) is 1. The Morgan fingerprint density at radius 2 is 1.90 bits per heavy atom. The number of halogens is 1. The summed E-state index contributed by atoms with van der Waals surface area (Å²) in [4.78, 5) is 26.6. The minimum atomic E-state index is -0.840. The van der Waals surface area contributed by atoms with Crippen molar-refractivity contribution in [2.75, 3.05) is 18.5 Å². The second kappa shape index (κ2) is 8.28. The van der Waals surface area contributed by atoms with Gasteiger partial charge < -0.3 is 19.2 Å². The molecular weight excluding hydrogens is 391 g/mol. The van der Waals surface area contributed by atoms with Crippen LogP contribution in [0.4, 0.5) is 10.1 Å². The average molecular weight is 410 g/mol. The highest BCUT2D eigenvalue weighted by Gasteiger charge is 2.34. The van der Waals surface area contributed by atoms with Crippen molar-refractivity contribution in [3.63, 3.8) is 0 Å². The summed E-state index contributed by atoms with van der Waals surface area (Å²) in [7, 11) is 1.51. The average Bonchev–Trinajstić information content (AvgIpc) is 3.25. The first-order valence-corrected chi connectivity index (χ1v) is 9.32. The predicted molar refractivity (Wildman–Crippen MR) is 106 cm³/mol. The SMILES string of the molecule is CNC(=O)[C@@H]1CN(C(=O)c2ccc(COc3ccccc3F)o2)c2ccccc2O1. The zero-order valence-corrected chi connectivity index (χ0v) is 16.1. The molecule has 0 fully saturated rings. The van der Waals surface area contributed by atoms with Gasteiger partial charge in [0.2, 0.25) is 0 Å². The van der Waals surface area contributed by atoms with E-state index >= 15 is 0 Å². The molecule has 0 unspecified atom stereocenters. The molecule has 0 aliphatic carbocycles. The molecule has 1 aromatic heterocycles. The Morgan fingerprint density at radius 1 is 1.13 bits per heavy atom.